The van der Waals surface area contributed by atoms with Crippen molar-refractivity contribution in [3.63, 3.8) is 0 Å². The Bertz CT molecular complexity index is 443. The minimum Gasteiger partial charge on any atom is -0.354 e. The molecule has 6 nitrogen and oxygen atoms in total. The van der Waals surface area contributed by atoms with E-state index in [-0.39, 0.29) is 24.4 Å². The standard InChI is InChI=1S/C12H20N4O2S/c1-7(2)4-14-10(17)5-15-11(18)9-6-19-12(16-9)8(3)13/h6-8H,4-5,13H2,1-3H3,(H,14,17)(H,15,18). The van der Waals surface area contributed by atoms with Crippen molar-refractivity contribution >= 4 is 23.2 Å². The molecule has 1 unspecified atom stereocenters. The Labute approximate surface area is 116 Å². The van der Waals surface area contributed by atoms with Gasteiger partial charge in [0.15, 0.2) is 0 Å². The van der Waals surface area contributed by atoms with Crippen molar-refractivity contribution in [3.8, 4) is 0 Å². The number of nitrogens with two attached hydrogens (primary N) is 1. The van der Waals surface area contributed by atoms with E-state index in [1.807, 2.05) is 13.8 Å². The van der Waals surface area contributed by atoms with Crippen LogP contribution in [0.1, 0.15) is 42.3 Å². The van der Waals surface area contributed by atoms with E-state index in [4.69, 9.17) is 5.73 Å². The van der Waals surface area contributed by atoms with Crippen LogP contribution in [0.4, 0.5) is 0 Å². The van der Waals surface area contributed by atoms with Gasteiger partial charge < -0.3 is 16.4 Å². The van der Waals surface area contributed by atoms with Gasteiger partial charge in [0.25, 0.3) is 5.91 Å². The van der Waals surface area contributed by atoms with Crippen molar-refractivity contribution < 1.29 is 9.59 Å². The lowest BCUT2D eigenvalue weighted by Crippen LogP contribution is -2.38. The summed E-state index contributed by atoms with van der Waals surface area (Å²) in [6, 6.07) is -0.194. The first-order chi connectivity index (χ1) is 8.90. The summed E-state index contributed by atoms with van der Waals surface area (Å²) >= 11 is 1.34. The van der Waals surface area contributed by atoms with E-state index in [0.717, 1.165) is 0 Å². The molecule has 1 atom stereocenters. The number of nitrogens with one attached hydrogen (secondary N) is 2. The number of carbonyl (C=O) groups is 2. The van der Waals surface area contributed by atoms with Crippen molar-refractivity contribution in [2.24, 2.45) is 11.7 Å². The number of rotatable bonds is 6. The van der Waals surface area contributed by atoms with E-state index in [0.29, 0.717) is 23.2 Å². The topological polar surface area (TPSA) is 97.1 Å². The second-order valence-electron chi connectivity index (χ2n) is 4.74. The number of hydrogen-bond donors (Lipinski definition) is 3. The zero-order chi connectivity index (χ0) is 14.4. The van der Waals surface area contributed by atoms with Crippen molar-refractivity contribution in [3.05, 3.63) is 16.1 Å². The molecule has 0 fully saturated rings. The summed E-state index contributed by atoms with van der Waals surface area (Å²) in [5.74, 6) is -0.181. The van der Waals surface area contributed by atoms with Crippen molar-refractivity contribution in [1.82, 2.24) is 15.6 Å². The Hall–Kier alpha value is -1.47. The normalized spacial score (nSPS) is 12.3. The molecule has 1 heterocycles. The van der Waals surface area contributed by atoms with Crippen molar-refractivity contribution in [2.45, 2.75) is 26.8 Å². The number of nitrogens with zero attached hydrogens (tertiary/aromatic N) is 1. The fourth-order valence-electron chi connectivity index (χ4n) is 1.23. The van der Waals surface area contributed by atoms with E-state index >= 15 is 0 Å². The molecule has 0 aromatic carbocycles. The fourth-order valence-corrected chi connectivity index (χ4v) is 1.99. The highest BCUT2D eigenvalue weighted by Crippen LogP contribution is 2.15. The highest BCUT2D eigenvalue weighted by atomic mass is 32.1. The molecule has 0 spiro atoms. The molecule has 2 amide bonds. The number of thiazole rings is 1. The molecule has 0 saturated carbocycles. The SMILES string of the molecule is CC(C)CNC(=O)CNC(=O)c1csc(C(C)N)n1. The molecule has 0 saturated heterocycles. The van der Waals surface area contributed by atoms with Gasteiger partial charge in [-0.15, -0.1) is 11.3 Å². The third-order valence-electron chi connectivity index (χ3n) is 2.26. The third kappa shape index (κ3) is 5.35. The molecule has 1 aromatic rings. The van der Waals surface area contributed by atoms with Crippen LogP contribution in [-0.2, 0) is 4.79 Å². The molecular formula is C12H20N4O2S. The minimum atomic E-state index is -0.358. The minimum absolute atomic E-state index is 0.0450. The Kier molecular flexibility index (Phi) is 5.91. The predicted molar refractivity (Wildman–Crippen MR) is 74.9 cm³/mol. The Morgan fingerprint density at radius 1 is 1.37 bits per heavy atom. The molecule has 1 aromatic heterocycles. The number of aromatic nitrogens is 1. The van der Waals surface area contributed by atoms with E-state index in [9.17, 15) is 9.59 Å². The van der Waals surface area contributed by atoms with Gasteiger partial charge in [0.2, 0.25) is 5.91 Å². The zero-order valence-electron chi connectivity index (χ0n) is 11.4. The predicted octanol–water partition coefficient (Wildman–Crippen LogP) is 0.665. The molecular weight excluding hydrogens is 264 g/mol. The molecule has 0 bridgehead atoms. The van der Waals surface area contributed by atoms with Gasteiger partial charge in [0.1, 0.15) is 10.7 Å². The number of carbonyl (C=O) groups excluding carboxylic acids is 2. The van der Waals surface area contributed by atoms with Gasteiger partial charge in [-0.05, 0) is 12.8 Å². The molecule has 0 aliphatic rings. The molecule has 0 radical (unpaired) electrons. The molecule has 19 heavy (non-hydrogen) atoms. The van der Waals surface area contributed by atoms with Gasteiger partial charge in [-0.25, -0.2) is 4.98 Å². The van der Waals surface area contributed by atoms with Crippen LogP contribution in [-0.4, -0.2) is 29.9 Å². The van der Waals surface area contributed by atoms with Gasteiger partial charge in [0.05, 0.1) is 12.6 Å². The van der Waals surface area contributed by atoms with Crippen LogP contribution in [0.2, 0.25) is 0 Å². The van der Waals surface area contributed by atoms with Gasteiger partial charge >= 0.3 is 0 Å². The maximum absolute atomic E-state index is 11.7. The molecule has 7 heteroatoms. The second-order valence-corrected chi connectivity index (χ2v) is 5.63. The second kappa shape index (κ2) is 7.20. The smallest absolute Gasteiger partial charge is 0.271 e. The summed E-state index contributed by atoms with van der Waals surface area (Å²) in [5, 5.41) is 7.59. The van der Waals surface area contributed by atoms with Crippen LogP contribution in [0, 0.1) is 5.92 Å². The summed E-state index contributed by atoms with van der Waals surface area (Å²) in [5.41, 5.74) is 5.97. The summed E-state index contributed by atoms with van der Waals surface area (Å²) in [6.45, 7) is 6.37. The number of hydrogen-bond acceptors (Lipinski definition) is 5. The molecule has 0 aliphatic heterocycles. The van der Waals surface area contributed by atoms with E-state index < -0.39 is 0 Å². The first-order valence-electron chi connectivity index (χ1n) is 6.16. The summed E-state index contributed by atoms with van der Waals surface area (Å²) in [4.78, 5) is 27.3. The lowest BCUT2D eigenvalue weighted by molar-refractivity contribution is -0.120. The average Bonchev–Trinajstić information content (AvgIpc) is 2.83. The van der Waals surface area contributed by atoms with Gasteiger partial charge in [-0.1, -0.05) is 13.8 Å². The van der Waals surface area contributed by atoms with Crippen LogP contribution in [0.25, 0.3) is 0 Å². The average molecular weight is 284 g/mol. The van der Waals surface area contributed by atoms with Crippen molar-refractivity contribution in [1.29, 1.82) is 0 Å². The van der Waals surface area contributed by atoms with E-state index in [1.54, 1.807) is 12.3 Å². The lowest BCUT2D eigenvalue weighted by atomic mass is 10.2. The summed E-state index contributed by atoms with van der Waals surface area (Å²) in [7, 11) is 0. The Morgan fingerprint density at radius 3 is 2.58 bits per heavy atom. The fraction of sp³-hybridized carbons (Fsp3) is 0.583. The van der Waals surface area contributed by atoms with Gasteiger partial charge in [0, 0.05) is 11.9 Å². The van der Waals surface area contributed by atoms with E-state index in [1.165, 1.54) is 11.3 Å². The first kappa shape index (κ1) is 15.6. The summed E-state index contributed by atoms with van der Waals surface area (Å²) < 4.78 is 0. The maximum atomic E-state index is 11.7. The summed E-state index contributed by atoms with van der Waals surface area (Å²) in [6.07, 6.45) is 0. The van der Waals surface area contributed by atoms with Gasteiger partial charge in [-0.3, -0.25) is 9.59 Å². The molecule has 4 N–H and O–H groups in total. The molecule has 0 aliphatic carbocycles. The molecule has 106 valence electrons. The maximum Gasteiger partial charge on any atom is 0.271 e. The monoisotopic (exact) mass is 284 g/mol. The van der Waals surface area contributed by atoms with E-state index in [2.05, 4.69) is 15.6 Å². The zero-order valence-corrected chi connectivity index (χ0v) is 12.2. The van der Waals surface area contributed by atoms with Crippen molar-refractivity contribution in [2.75, 3.05) is 13.1 Å². The first-order valence-corrected chi connectivity index (χ1v) is 7.04. The number of amides is 2. The highest BCUT2D eigenvalue weighted by molar-refractivity contribution is 7.09. The lowest BCUT2D eigenvalue weighted by Gasteiger charge is -2.07. The quantitative estimate of drug-likeness (QED) is 0.715. The van der Waals surface area contributed by atoms with Crippen LogP contribution >= 0.6 is 11.3 Å². The highest BCUT2D eigenvalue weighted by Gasteiger charge is 2.13. The van der Waals surface area contributed by atoms with Crippen LogP contribution < -0.4 is 16.4 Å². The Balaban J connectivity index is 2.40. The third-order valence-corrected chi connectivity index (χ3v) is 3.31. The molecule has 1 rings (SSSR count). The van der Waals surface area contributed by atoms with Gasteiger partial charge in [-0.2, -0.15) is 0 Å². The Morgan fingerprint density at radius 2 is 2.05 bits per heavy atom. The van der Waals surface area contributed by atoms with Crippen LogP contribution in [0.5, 0.6) is 0 Å². The van der Waals surface area contributed by atoms with Crippen LogP contribution in [0.15, 0.2) is 5.38 Å². The largest absolute Gasteiger partial charge is 0.354 e. The van der Waals surface area contributed by atoms with Crippen LogP contribution in [0.3, 0.4) is 0 Å².